The van der Waals surface area contributed by atoms with Gasteiger partial charge < -0.3 is 14.2 Å². The Bertz CT molecular complexity index is 674. The smallest absolute Gasteiger partial charge is 0.319 e. The Balaban J connectivity index is 1.54. The van der Waals surface area contributed by atoms with Gasteiger partial charge in [-0.25, -0.2) is 9.37 Å². The fourth-order valence-corrected chi connectivity index (χ4v) is 3.48. The molecule has 0 radical (unpaired) electrons. The third-order valence-corrected chi connectivity index (χ3v) is 4.74. The lowest BCUT2D eigenvalue weighted by atomic mass is 10.2. The van der Waals surface area contributed by atoms with E-state index >= 15 is 0 Å². The van der Waals surface area contributed by atoms with E-state index in [1.54, 1.807) is 6.20 Å². The summed E-state index contributed by atoms with van der Waals surface area (Å²) in [5.74, 6) is 0.446. The maximum atomic E-state index is 14.2. The number of methoxy groups -OCH3 is 1. The molecule has 1 saturated heterocycles. The third-order valence-electron chi connectivity index (χ3n) is 3.63. The number of nitrogens with zero attached hydrogens (tertiary/aromatic N) is 2. The lowest BCUT2D eigenvalue weighted by Crippen LogP contribution is -2.25. The highest BCUT2D eigenvalue weighted by molar-refractivity contribution is 7.99. The Morgan fingerprint density at radius 2 is 2.12 bits per heavy atom. The molecule has 1 aromatic heterocycles. The number of alkyl halides is 1. The molecule has 1 aliphatic rings. The van der Waals surface area contributed by atoms with Gasteiger partial charge in [0, 0.05) is 23.1 Å². The number of hydrogen-bond donors (Lipinski definition) is 0. The van der Waals surface area contributed by atoms with E-state index < -0.39 is 12.3 Å². The molecule has 0 bridgehead atoms. The standard InChI is InChI=1S/C17H19FN2O3S/c1-11-9-19-17(20-16(11)21-2)22-10-14-13(18)8-15(23-14)24-12-6-4-3-5-7-12/h3-7,9,13-15H,8,10H2,1-2H3/t13-,14+,15+/m0/s1. The van der Waals surface area contributed by atoms with Crippen LogP contribution in [0.25, 0.3) is 0 Å². The van der Waals surface area contributed by atoms with Gasteiger partial charge in [-0.3, -0.25) is 0 Å². The maximum Gasteiger partial charge on any atom is 0.319 e. The van der Waals surface area contributed by atoms with Crippen molar-refractivity contribution in [3.63, 3.8) is 0 Å². The molecular weight excluding hydrogens is 331 g/mol. The number of rotatable bonds is 6. The van der Waals surface area contributed by atoms with Crippen molar-refractivity contribution in [1.82, 2.24) is 9.97 Å². The molecule has 1 fully saturated rings. The van der Waals surface area contributed by atoms with Crippen LogP contribution in [0.5, 0.6) is 11.9 Å². The number of aryl methyl sites for hydroxylation is 1. The minimum Gasteiger partial charge on any atom is -0.481 e. The summed E-state index contributed by atoms with van der Waals surface area (Å²) in [5.41, 5.74) is 0.592. The maximum absolute atomic E-state index is 14.2. The highest BCUT2D eigenvalue weighted by Gasteiger charge is 2.36. The fraction of sp³-hybridized carbons (Fsp3) is 0.412. The molecule has 0 N–H and O–H groups in total. The Hall–Kier alpha value is -1.86. The second kappa shape index (κ2) is 7.81. The van der Waals surface area contributed by atoms with Gasteiger partial charge in [-0.05, 0) is 19.1 Å². The molecule has 1 aromatic carbocycles. The van der Waals surface area contributed by atoms with Crippen LogP contribution in [0.1, 0.15) is 12.0 Å². The summed E-state index contributed by atoms with van der Waals surface area (Å²) in [4.78, 5) is 9.25. The molecule has 3 atom stereocenters. The fourth-order valence-electron chi connectivity index (χ4n) is 2.39. The monoisotopic (exact) mass is 350 g/mol. The predicted molar refractivity (Wildman–Crippen MR) is 89.3 cm³/mol. The van der Waals surface area contributed by atoms with E-state index in [1.807, 2.05) is 37.3 Å². The van der Waals surface area contributed by atoms with Crippen LogP contribution in [0.15, 0.2) is 41.4 Å². The summed E-state index contributed by atoms with van der Waals surface area (Å²) in [6.07, 6.45) is 0.254. The average molecular weight is 350 g/mol. The first-order chi connectivity index (χ1) is 11.7. The molecule has 128 valence electrons. The van der Waals surface area contributed by atoms with Crippen molar-refractivity contribution in [3.05, 3.63) is 42.1 Å². The zero-order valence-corrected chi connectivity index (χ0v) is 14.3. The molecule has 0 unspecified atom stereocenters. The lowest BCUT2D eigenvalue weighted by molar-refractivity contribution is 0.0259. The molecule has 0 aliphatic carbocycles. The van der Waals surface area contributed by atoms with Gasteiger partial charge in [0.15, 0.2) is 0 Å². The second-order valence-corrected chi connectivity index (χ2v) is 6.68. The zero-order valence-electron chi connectivity index (χ0n) is 13.5. The van der Waals surface area contributed by atoms with Crippen LogP contribution >= 0.6 is 11.8 Å². The van der Waals surface area contributed by atoms with Crippen molar-refractivity contribution in [2.75, 3.05) is 13.7 Å². The summed E-state index contributed by atoms with van der Waals surface area (Å²) < 4.78 is 30.5. The van der Waals surface area contributed by atoms with E-state index in [9.17, 15) is 4.39 Å². The molecule has 7 heteroatoms. The van der Waals surface area contributed by atoms with E-state index in [0.29, 0.717) is 12.3 Å². The van der Waals surface area contributed by atoms with E-state index in [-0.39, 0.29) is 18.1 Å². The molecule has 0 amide bonds. The van der Waals surface area contributed by atoms with Gasteiger partial charge in [-0.2, -0.15) is 4.98 Å². The highest BCUT2D eigenvalue weighted by Crippen LogP contribution is 2.35. The largest absolute Gasteiger partial charge is 0.481 e. The van der Waals surface area contributed by atoms with Crippen LogP contribution in [-0.2, 0) is 4.74 Å². The van der Waals surface area contributed by atoms with Gasteiger partial charge in [-0.1, -0.05) is 30.0 Å². The summed E-state index contributed by atoms with van der Waals surface area (Å²) in [6.45, 7) is 1.91. The molecule has 0 saturated carbocycles. The van der Waals surface area contributed by atoms with Gasteiger partial charge in [0.2, 0.25) is 5.88 Å². The SMILES string of the molecule is COc1nc(OC[C@H]2O[C@H](Sc3ccccc3)C[C@@H]2F)ncc1C. The quantitative estimate of drug-likeness (QED) is 0.796. The van der Waals surface area contributed by atoms with Crippen molar-refractivity contribution in [3.8, 4) is 11.9 Å². The summed E-state index contributed by atoms with van der Waals surface area (Å²) in [7, 11) is 1.53. The van der Waals surface area contributed by atoms with Crippen LogP contribution in [-0.4, -0.2) is 41.4 Å². The van der Waals surface area contributed by atoms with Crippen LogP contribution in [0.2, 0.25) is 0 Å². The van der Waals surface area contributed by atoms with E-state index in [2.05, 4.69) is 9.97 Å². The first-order valence-electron chi connectivity index (χ1n) is 7.67. The molecule has 2 heterocycles. The normalized spacial score (nSPS) is 23.2. The minimum atomic E-state index is -1.07. The van der Waals surface area contributed by atoms with Crippen LogP contribution in [0, 0.1) is 6.92 Å². The molecule has 3 rings (SSSR count). The van der Waals surface area contributed by atoms with Gasteiger partial charge in [0.05, 0.1) is 7.11 Å². The molecule has 1 aliphatic heterocycles. The topological polar surface area (TPSA) is 53.5 Å². The number of aromatic nitrogens is 2. The van der Waals surface area contributed by atoms with Gasteiger partial charge in [-0.15, -0.1) is 0 Å². The Kier molecular flexibility index (Phi) is 5.52. The van der Waals surface area contributed by atoms with Gasteiger partial charge >= 0.3 is 6.01 Å². The number of halogens is 1. The van der Waals surface area contributed by atoms with Crippen molar-refractivity contribution < 1.29 is 18.6 Å². The number of ether oxygens (including phenoxy) is 3. The van der Waals surface area contributed by atoms with Crippen molar-refractivity contribution in [2.24, 2.45) is 0 Å². The first kappa shape index (κ1) is 17.0. The molecule has 24 heavy (non-hydrogen) atoms. The van der Waals surface area contributed by atoms with Crippen LogP contribution in [0.4, 0.5) is 4.39 Å². The number of hydrogen-bond acceptors (Lipinski definition) is 6. The van der Waals surface area contributed by atoms with E-state index in [0.717, 1.165) is 10.5 Å². The summed E-state index contributed by atoms with van der Waals surface area (Å²) in [5, 5.41) is 0. The van der Waals surface area contributed by atoms with Gasteiger partial charge in [0.1, 0.15) is 24.3 Å². The third kappa shape index (κ3) is 4.15. The van der Waals surface area contributed by atoms with Crippen LogP contribution in [0.3, 0.4) is 0 Å². The summed E-state index contributed by atoms with van der Waals surface area (Å²) in [6, 6.07) is 9.98. The van der Waals surface area contributed by atoms with Crippen molar-refractivity contribution >= 4 is 11.8 Å². The van der Waals surface area contributed by atoms with Crippen molar-refractivity contribution in [1.29, 1.82) is 0 Å². The Labute approximate surface area is 144 Å². The summed E-state index contributed by atoms with van der Waals surface area (Å²) >= 11 is 1.52. The van der Waals surface area contributed by atoms with E-state index in [1.165, 1.54) is 18.9 Å². The average Bonchev–Trinajstić information content (AvgIpc) is 2.94. The highest BCUT2D eigenvalue weighted by atomic mass is 32.2. The predicted octanol–water partition coefficient (Wildman–Crippen LogP) is 3.42. The molecule has 0 spiro atoms. The first-order valence-corrected chi connectivity index (χ1v) is 8.55. The van der Waals surface area contributed by atoms with Gasteiger partial charge in [0.25, 0.3) is 0 Å². The van der Waals surface area contributed by atoms with E-state index in [4.69, 9.17) is 14.2 Å². The second-order valence-electron chi connectivity index (χ2n) is 5.44. The molecule has 5 nitrogen and oxygen atoms in total. The van der Waals surface area contributed by atoms with Crippen LogP contribution < -0.4 is 9.47 Å². The van der Waals surface area contributed by atoms with Crippen molar-refractivity contribution in [2.45, 2.75) is 36.0 Å². The zero-order chi connectivity index (χ0) is 16.9. The Morgan fingerprint density at radius 3 is 2.88 bits per heavy atom. The Morgan fingerprint density at radius 1 is 1.33 bits per heavy atom. The number of thioether (sulfide) groups is 1. The number of benzene rings is 1. The molecular formula is C17H19FN2O3S. The minimum absolute atomic E-state index is 0.0687. The molecule has 2 aromatic rings. The lowest BCUT2D eigenvalue weighted by Gasteiger charge is -2.14.